The lowest BCUT2D eigenvalue weighted by Crippen LogP contribution is -2.11. The minimum absolute atomic E-state index is 0.399. The zero-order valence-corrected chi connectivity index (χ0v) is 16.1. The van der Waals surface area contributed by atoms with E-state index in [1.54, 1.807) is 26.3 Å². The predicted molar refractivity (Wildman–Crippen MR) is 106 cm³/mol. The van der Waals surface area contributed by atoms with E-state index in [1.165, 1.54) is 25.0 Å². The molecule has 0 saturated heterocycles. The van der Waals surface area contributed by atoms with Gasteiger partial charge < -0.3 is 10.8 Å². The number of hydrogen-bond donors (Lipinski definition) is 2. The van der Waals surface area contributed by atoms with Crippen molar-refractivity contribution >= 4 is 11.9 Å². The average molecular weight is 370 g/mol. The van der Waals surface area contributed by atoms with Crippen molar-refractivity contribution in [3.8, 4) is 0 Å². The lowest BCUT2D eigenvalue weighted by molar-refractivity contribution is 0.198. The van der Waals surface area contributed by atoms with Gasteiger partial charge in [0, 0.05) is 43.7 Å². The van der Waals surface area contributed by atoms with Gasteiger partial charge in [-0.05, 0) is 67.5 Å². The summed E-state index contributed by atoms with van der Waals surface area (Å²) in [4.78, 5) is 4.14. The van der Waals surface area contributed by atoms with Gasteiger partial charge >= 0.3 is 0 Å². The number of hydrogen-bond acceptors (Lipinski definition) is 4. The SMILES string of the molecule is CN=CC(Cc1cc(CC2CC2)nn1C)=C(N)c1ccc(F)cc1[C@@H](C)O. The number of nitrogens with two attached hydrogens (primary N) is 1. The van der Waals surface area contributed by atoms with E-state index in [1.807, 2.05) is 11.7 Å². The molecule has 1 fully saturated rings. The Morgan fingerprint density at radius 2 is 2.19 bits per heavy atom. The zero-order valence-electron chi connectivity index (χ0n) is 16.1. The number of benzene rings is 1. The van der Waals surface area contributed by atoms with Crippen LogP contribution in [0.5, 0.6) is 0 Å². The van der Waals surface area contributed by atoms with Crippen molar-refractivity contribution in [2.24, 2.45) is 23.7 Å². The van der Waals surface area contributed by atoms with Gasteiger partial charge in [0.05, 0.1) is 11.8 Å². The van der Waals surface area contributed by atoms with Gasteiger partial charge in [-0.2, -0.15) is 5.10 Å². The van der Waals surface area contributed by atoms with E-state index in [4.69, 9.17) is 5.73 Å². The minimum Gasteiger partial charge on any atom is -0.398 e. The fourth-order valence-electron chi connectivity index (χ4n) is 3.31. The van der Waals surface area contributed by atoms with Crippen molar-refractivity contribution in [1.82, 2.24) is 9.78 Å². The Morgan fingerprint density at radius 3 is 2.81 bits per heavy atom. The van der Waals surface area contributed by atoms with Crippen molar-refractivity contribution < 1.29 is 9.50 Å². The zero-order chi connectivity index (χ0) is 19.6. The molecule has 1 aliphatic carbocycles. The van der Waals surface area contributed by atoms with Crippen molar-refractivity contribution in [3.63, 3.8) is 0 Å². The maximum absolute atomic E-state index is 13.6. The number of aliphatic hydroxyl groups is 1. The summed E-state index contributed by atoms with van der Waals surface area (Å²) in [6.45, 7) is 1.60. The van der Waals surface area contributed by atoms with Gasteiger partial charge in [-0.25, -0.2) is 4.39 Å². The topological polar surface area (TPSA) is 76.4 Å². The number of aryl methyl sites for hydroxylation is 1. The second-order valence-electron chi connectivity index (χ2n) is 7.31. The van der Waals surface area contributed by atoms with E-state index in [9.17, 15) is 9.50 Å². The number of nitrogens with zero attached hydrogens (tertiary/aromatic N) is 3. The molecule has 0 aliphatic heterocycles. The summed E-state index contributed by atoms with van der Waals surface area (Å²) in [7, 11) is 3.62. The highest BCUT2D eigenvalue weighted by atomic mass is 19.1. The van der Waals surface area contributed by atoms with E-state index >= 15 is 0 Å². The molecule has 0 spiro atoms. The van der Waals surface area contributed by atoms with Crippen LogP contribution in [-0.4, -0.2) is 28.1 Å². The largest absolute Gasteiger partial charge is 0.398 e. The summed E-state index contributed by atoms with van der Waals surface area (Å²) in [5.74, 6) is 0.377. The third-order valence-electron chi connectivity index (χ3n) is 4.98. The van der Waals surface area contributed by atoms with E-state index in [2.05, 4.69) is 16.2 Å². The van der Waals surface area contributed by atoms with Gasteiger partial charge in [0.25, 0.3) is 0 Å². The van der Waals surface area contributed by atoms with Gasteiger partial charge in [-0.3, -0.25) is 9.67 Å². The highest BCUT2D eigenvalue weighted by Gasteiger charge is 2.23. The molecule has 1 aromatic carbocycles. The van der Waals surface area contributed by atoms with Crippen molar-refractivity contribution in [2.75, 3.05) is 7.05 Å². The first kappa shape index (κ1) is 19.3. The summed E-state index contributed by atoms with van der Waals surface area (Å²) in [5, 5.41) is 14.6. The summed E-state index contributed by atoms with van der Waals surface area (Å²) < 4.78 is 15.5. The first-order chi connectivity index (χ1) is 12.9. The second-order valence-corrected chi connectivity index (χ2v) is 7.31. The predicted octanol–water partition coefficient (Wildman–Crippen LogP) is 3.18. The van der Waals surface area contributed by atoms with E-state index < -0.39 is 11.9 Å². The van der Waals surface area contributed by atoms with Gasteiger partial charge in [-0.15, -0.1) is 0 Å². The molecule has 0 radical (unpaired) electrons. The lowest BCUT2D eigenvalue weighted by Gasteiger charge is -2.15. The molecule has 0 amide bonds. The number of allylic oxidation sites excluding steroid dienone is 1. The highest BCUT2D eigenvalue weighted by molar-refractivity contribution is 5.91. The van der Waals surface area contributed by atoms with Gasteiger partial charge in [0.15, 0.2) is 0 Å². The molecule has 3 rings (SSSR count). The third-order valence-corrected chi connectivity index (χ3v) is 4.98. The fraction of sp³-hybridized carbons (Fsp3) is 0.429. The molecule has 1 aromatic heterocycles. The number of aliphatic imine (C=N–C) groups is 1. The van der Waals surface area contributed by atoms with Crippen LogP contribution in [-0.2, 0) is 19.9 Å². The first-order valence-corrected chi connectivity index (χ1v) is 9.29. The Bertz CT molecular complexity index is 878. The van der Waals surface area contributed by atoms with Gasteiger partial charge in [0.2, 0.25) is 0 Å². The molecule has 1 atom stereocenters. The molecule has 5 nitrogen and oxygen atoms in total. The second kappa shape index (κ2) is 8.05. The Hall–Kier alpha value is -2.47. The molecule has 2 aromatic rings. The van der Waals surface area contributed by atoms with Crippen LogP contribution in [0.2, 0.25) is 0 Å². The molecule has 3 N–H and O–H groups in total. The van der Waals surface area contributed by atoms with Crippen molar-refractivity contribution in [2.45, 2.75) is 38.7 Å². The standard InChI is InChI=1S/C21H27FN4O/c1-13(27)20-10-16(22)6-7-19(20)21(23)15(12-24-2)9-18-11-17(25-26(18)3)8-14-4-5-14/h6-7,10-14,27H,4-5,8-9,23H2,1-3H3/t13-/m1/s1. The first-order valence-electron chi connectivity index (χ1n) is 9.29. The lowest BCUT2D eigenvalue weighted by atomic mass is 9.96. The number of aliphatic hydroxyl groups excluding tert-OH is 1. The Balaban J connectivity index is 1.96. The molecule has 0 bridgehead atoms. The molecule has 0 unspecified atom stereocenters. The Labute approximate surface area is 159 Å². The van der Waals surface area contributed by atoms with Crippen LogP contribution in [0.15, 0.2) is 34.8 Å². The third kappa shape index (κ3) is 4.63. The maximum atomic E-state index is 13.6. The highest BCUT2D eigenvalue weighted by Crippen LogP contribution is 2.32. The van der Waals surface area contributed by atoms with E-state index in [-0.39, 0.29) is 0 Å². The molecule has 1 aliphatic rings. The number of aromatic nitrogens is 2. The molecule has 6 heteroatoms. The van der Waals surface area contributed by atoms with Crippen LogP contribution in [0.1, 0.15) is 48.4 Å². The molecular weight excluding hydrogens is 343 g/mol. The Morgan fingerprint density at radius 1 is 1.44 bits per heavy atom. The normalized spacial score (nSPS) is 16.6. The molecule has 1 saturated carbocycles. The maximum Gasteiger partial charge on any atom is 0.123 e. The molecule has 1 heterocycles. The monoisotopic (exact) mass is 370 g/mol. The van der Waals surface area contributed by atoms with Gasteiger partial charge in [-0.1, -0.05) is 0 Å². The van der Waals surface area contributed by atoms with Crippen LogP contribution < -0.4 is 5.73 Å². The molecule has 27 heavy (non-hydrogen) atoms. The summed E-state index contributed by atoms with van der Waals surface area (Å²) >= 11 is 0. The van der Waals surface area contributed by atoms with Crippen LogP contribution in [0, 0.1) is 11.7 Å². The van der Waals surface area contributed by atoms with E-state index in [0.717, 1.165) is 29.3 Å². The van der Waals surface area contributed by atoms with Crippen molar-refractivity contribution in [1.29, 1.82) is 0 Å². The van der Waals surface area contributed by atoms with Crippen LogP contribution in [0.25, 0.3) is 5.70 Å². The van der Waals surface area contributed by atoms with Crippen LogP contribution >= 0.6 is 0 Å². The van der Waals surface area contributed by atoms with Crippen LogP contribution in [0.3, 0.4) is 0 Å². The Kier molecular flexibility index (Phi) is 5.75. The summed E-state index contributed by atoms with van der Waals surface area (Å²) in [5.41, 5.74) is 11.0. The van der Waals surface area contributed by atoms with Crippen molar-refractivity contribution in [3.05, 3.63) is 58.2 Å². The average Bonchev–Trinajstić information content (AvgIpc) is 3.36. The molecular formula is C21H27FN4O. The summed E-state index contributed by atoms with van der Waals surface area (Å²) in [6, 6.07) is 6.41. The minimum atomic E-state index is -0.823. The van der Waals surface area contributed by atoms with E-state index in [0.29, 0.717) is 23.2 Å². The number of rotatable bonds is 7. The summed E-state index contributed by atoms with van der Waals surface area (Å²) in [6.07, 6.45) is 5.06. The van der Waals surface area contributed by atoms with Gasteiger partial charge in [0.1, 0.15) is 5.82 Å². The quantitative estimate of drug-likeness (QED) is 0.735. The molecule has 144 valence electrons. The smallest absolute Gasteiger partial charge is 0.123 e. The number of halogens is 1. The fourth-order valence-corrected chi connectivity index (χ4v) is 3.31. The van der Waals surface area contributed by atoms with Crippen LogP contribution in [0.4, 0.5) is 4.39 Å².